The maximum atomic E-state index is 13.5. The molecule has 0 aliphatic carbocycles. The molecule has 1 saturated heterocycles. The number of ketones is 1. The van der Waals surface area contributed by atoms with Crippen molar-refractivity contribution in [1.82, 2.24) is 9.55 Å². The Morgan fingerprint density at radius 1 is 1.11 bits per heavy atom. The first-order valence-electron chi connectivity index (χ1n) is 12.8. The van der Waals surface area contributed by atoms with E-state index in [1.165, 1.54) is 12.5 Å². The van der Waals surface area contributed by atoms with Gasteiger partial charge in [-0.1, -0.05) is 49.7 Å². The predicted octanol–water partition coefficient (Wildman–Crippen LogP) is 4.10. The van der Waals surface area contributed by atoms with Gasteiger partial charge in [0.1, 0.15) is 5.60 Å². The number of rotatable bonds is 11. The second-order valence-corrected chi connectivity index (χ2v) is 11.3. The Labute approximate surface area is 223 Å². The first-order chi connectivity index (χ1) is 18.2. The minimum Gasteiger partial charge on any atom is -0.457 e. The number of benzene rings is 2. The molecule has 38 heavy (non-hydrogen) atoms. The van der Waals surface area contributed by atoms with Crippen LogP contribution in [0, 0.1) is 0 Å². The van der Waals surface area contributed by atoms with E-state index >= 15 is 0 Å². The van der Waals surface area contributed by atoms with E-state index in [1.54, 1.807) is 40.8 Å². The average molecular weight is 539 g/mol. The Hall–Kier alpha value is -3.66. The number of hydrogen-bond donors (Lipinski definition) is 1. The second-order valence-electron chi connectivity index (χ2n) is 9.70. The highest BCUT2D eigenvalue weighted by Gasteiger charge is 2.48. The van der Waals surface area contributed by atoms with Crippen LogP contribution in [0.1, 0.15) is 45.1 Å². The average Bonchev–Trinajstić information content (AvgIpc) is 3.33. The van der Waals surface area contributed by atoms with Gasteiger partial charge in [0, 0.05) is 31.9 Å². The van der Waals surface area contributed by atoms with Crippen LogP contribution in [0.4, 0.5) is 11.4 Å². The van der Waals surface area contributed by atoms with Crippen LogP contribution < -0.4 is 9.62 Å². The van der Waals surface area contributed by atoms with Crippen LogP contribution in [0.25, 0.3) is 0 Å². The quantitative estimate of drug-likeness (QED) is 0.289. The lowest BCUT2D eigenvalue weighted by Gasteiger charge is -2.42. The van der Waals surface area contributed by atoms with Crippen molar-refractivity contribution < 1.29 is 22.7 Å². The van der Waals surface area contributed by atoms with E-state index in [0.29, 0.717) is 37.2 Å². The summed E-state index contributed by atoms with van der Waals surface area (Å²) in [6.07, 6.45) is 5.64. The molecule has 1 fully saturated rings. The highest BCUT2D eigenvalue weighted by molar-refractivity contribution is 7.92. The van der Waals surface area contributed by atoms with Gasteiger partial charge in [-0.3, -0.25) is 9.52 Å². The Morgan fingerprint density at radius 3 is 2.50 bits per heavy atom. The fourth-order valence-corrected chi connectivity index (χ4v) is 6.06. The number of aryl methyl sites for hydroxylation is 2. The molecule has 10 heteroatoms. The first kappa shape index (κ1) is 27.4. The summed E-state index contributed by atoms with van der Waals surface area (Å²) in [6, 6.07) is 15.5. The minimum atomic E-state index is -3.90. The highest BCUT2D eigenvalue weighted by atomic mass is 32.2. The number of esters is 1. The molecule has 1 aliphatic heterocycles. The number of likely N-dealkylation sites (N-methyl/N-ethyl adjacent to an activating group) is 1. The Bertz CT molecular complexity index is 1370. The summed E-state index contributed by atoms with van der Waals surface area (Å²) in [6.45, 7) is 4.21. The van der Waals surface area contributed by atoms with Gasteiger partial charge in [0.25, 0.3) is 10.0 Å². The SMILES string of the molecule is CCCC1(CCc2ccccc2)CC(=O)C(N(CC)c2cccc(NS(=O)(=O)c3cn(C)cn3)c2)C(=O)O1. The molecule has 2 unspecified atom stereocenters. The monoisotopic (exact) mass is 538 g/mol. The van der Waals surface area contributed by atoms with Crippen LogP contribution in [0.15, 0.2) is 72.1 Å². The lowest BCUT2D eigenvalue weighted by molar-refractivity contribution is -0.174. The fraction of sp³-hybridized carbons (Fsp3) is 0.393. The number of cyclic esters (lactones) is 1. The number of Topliss-reactive ketones (excluding diaryl/α,β-unsaturated/α-hetero) is 1. The van der Waals surface area contributed by atoms with Crippen molar-refractivity contribution >= 4 is 33.2 Å². The van der Waals surface area contributed by atoms with Crippen LogP contribution in [-0.2, 0) is 37.8 Å². The molecule has 1 N–H and O–H groups in total. The lowest BCUT2D eigenvalue weighted by atomic mass is 9.82. The molecule has 9 nitrogen and oxygen atoms in total. The number of imidazole rings is 1. The van der Waals surface area contributed by atoms with E-state index in [1.807, 2.05) is 44.2 Å². The number of carbonyl (C=O) groups is 2. The highest BCUT2D eigenvalue weighted by Crippen LogP contribution is 2.36. The van der Waals surface area contributed by atoms with Gasteiger partial charge in [0.05, 0.1) is 12.0 Å². The molecule has 0 radical (unpaired) electrons. The zero-order valence-electron chi connectivity index (χ0n) is 22.0. The molecule has 2 atom stereocenters. The smallest absolute Gasteiger partial charge is 0.337 e. The van der Waals surface area contributed by atoms with Gasteiger partial charge in [-0.25, -0.2) is 9.78 Å². The summed E-state index contributed by atoms with van der Waals surface area (Å²) in [5.74, 6) is -0.756. The van der Waals surface area contributed by atoms with Gasteiger partial charge in [-0.05, 0) is 49.9 Å². The summed E-state index contributed by atoms with van der Waals surface area (Å²) in [5.41, 5.74) is 1.14. The zero-order chi connectivity index (χ0) is 27.3. The molecular weight excluding hydrogens is 504 g/mol. The van der Waals surface area contributed by atoms with Crippen molar-refractivity contribution in [1.29, 1.82) is 0 Å². The number of nitrogens with one attached hydrogen (secondary N) is 1. The molecule has 0 amide bonds. The number of aromatic nitrogens is 2. The molecule has 202 valence electrons. The summed E-state index contributed by atoms with van der Waals surface area (Å²) in [7, 11) is -2.21. The van der Waals surface area contributed by atoms with Crippen molar-refractivity contribution in [3.63, 3.8) is 0 Å². The molecule has 4 rings (SSSR count). The van der Waals surface area contributed by atoms with Crippen LogP contribution in [0.5, 0.6) is 0 Å². The first-order valence-corrected chi connectivity index (χ1v) is 14.3. The van der Waals surface area contributed by atoms with Gasteiger partial charge in [0.2, 0.25) is 0 Å². The lowest BCUT2D eigenvalue weighted by Crippen LogP contribution is -2.57. The van der Waals surface area contributed by atoms with Crippen LogP contribution in [-0.4, -0.2) is 47.9 Å². The maximum absolute atomic E-state index is 13.5. The molecule has 2 heterocycles. The van der Waals surface area contributed by atoms with Crippen molar-refractivity contribution in [2.75, 3.05) is 16.2 Å². The normalized spacial score (nSPS) is 19.7. The molecule has 1 aromatic heterocycles. The topological polar surface area (TPSA) is 111 Å². The van der Waals surface area contributed by atoms with Crippen molar-refractivity contribution in [2.24, 2.45) is 7.05 Å². The maximum Gasteiger partial charge on any atom is 0.337 e. The third kappa shape index (κ3) is 6.07. The molecule has 0 spiro atoms. The number of ether oxygens (including phenoxy) is 1. The Morgan fingerprint density at radius 2 is 1.87 bits per heavy atom. The van der Waals surface area contributed by atoms with E-state index < -0.39 is 27.6 Å². The summed E-state index contributed by atoms with van der Waals surface area (Å²) in [5, 5.41) is -0.105. The van der Waals surface area contributed by atoms with Gasteiger partial charge in [-0.15, -0.1) is 0 Å². The predicted molar refractivity (Wildman–Crippen MR) is 145 cm³/mol. The number of carbonyl (C=O) groups excluding carboxylic acids is 2. The molecule has 0 bridgehead atoms. The van der Waals surface area contributed by atoms with E-state index in [-0.39, 0.29) is 17.2 Å². The van der Waals surface area contributed by atoms with Gasteiger partial charge in [-0.2, -0.15) is 8.42 Å². The number of hydrogen-bond acceptors (Lipinski definition) is 7. The summed E-state index contributed by atoms with van der Waals surface area (Å²) < 4.78 is 35.6. The van der Waals surface area contributed by atoms with Crippen molar-refractivity contribution in [2.45, 2.75) is 62.6 Å². The van der Waals surface area contributed by atoms with Crippen LogP contribution in [0.2, 0.25) is 0 Å². The number of sulfonamides is 1. The minimum absolute atomic E-state index is 0.105. The standard InChI is InChI=1S/C28H34N4O5S/c1-4-15-28(16-14-21-10-7-6-8-11-21)18-24(33)26(27(34)37-28)32(5-2)23-13-9-12-22(17-23)30-38(35,36)25-19-31(3)20-29-25/h6-13,17,19-20,26,30H,4-5,14-16,18H2,1-3H3. The Kier molecular flexibility index (Phi) is 8.20. The zero-order valence-corrected chi connectivity index (χ0v) is 22.8. The second kappa shape index (κ2) is 11.4. The van der Waals surface area contributed by atoms with E-state index in [0.717, 1.165) is 12.0 Å². The van der Waals surface area contributed by atoms with E-state index in [9.17, 15) is 18.0 Å². The van der Waals surface area contributed by atoms with E-state index in [4.69, 9.17) is 4.74 Å². The van der Waals surface area contributed by atoms with Crippen LogP contribution in [0.3, 0.4) is 0 Å². The third-order valence-corrected chi connectivity index (χ3v) is 8.06. The van der Waals surface area contributed by atoms with Crippen LogP contribution >= 0.6 is 0 Å². The summed E-state index contributed by atoms with van der Waals surface area (Å²) in [4.78, 5) is 32.5. The molecule has 1 aliphatic rings. The van der Waals surface area contributed by atoms with Gasteiger partial charge >= 0.3 is 5.97 Å². The summed E-state index contributed by atoms with van der Waals surface area (Å²) >= 11 is 0. The van der Waals surface area contributed by atoms with Gasteiger partial charge in [0.15, 0.2) is 16.9 Å². The molecule has 2 aromatic carbocycles. The van der Waals surface area contributed by atoms with E-state index in [2.05, 4.69) is 9.71 Å². The number of anilines is 2. The molecular formula is C28H34N4O5S. The molecule has 3 aromatic rings. The van der Waals surface area contributed by atoms with Crippen molar-refractivity contribution in [3.05, 3.63) is 72.7 Å². The Balaban J connectivity index is 1.53. The fourth-order valence-electron chi connectivity index (χ4n) is 5.03. The number of nitrogens with zero attached hydrogens (tertiary/aromatic N) is 3. The largest absolute Gasteiger partial charge is 0.457 e. The third-order valence-electron chi connectivity index (χ3n) is 6.80. The van der Waals surface area contributed by atoms with Gasteiger partial charge < -0.3 is 14.2 Å². The molecule has 0 saturated carbocycles. The van der Waals surface area contributed by atoms with Crippen molar-refractivity contribution in [3.8, 4) is 0 Å².